The summed E-state index contributed by atoms with van der Waals surface area (Å²) < 4.78 is 15.6. The minimum Gasteiger partial charge on any atom is -0.477 e. The lowest BCUT2D eigenvalue weighted by atomic mass is 10.3. The van der Waals surface area contributed by atoms with Gasteiger partial charge in [0.2, 0.25) is 0 Å². The minimum atomic E-state index is -0.929. The lowest BCUT2D eigenvalue weighted by molar-refractivity contribution is -0.157. The quantitative estimate of drug-likeness (QED) is 0.681. The fraction of sp³-hybridized carbons (Fsp3) is 0.294. The van der Waals surface area contributed by atoms with Gasteiger partial charge in [0.05, 0.1) is 17.8 Å². The van der Waals surface area contributed by atoms with Gasteiger partial charge in [0.1, 0.15) is 11.5 Å². The largest absolute Gasteiger partial charge is 0.477 e. The van der Waals surface area contributed by atoms with Crippen LogP contribution in [0.3, 0.4) is 0 Å². The van der Waals surface area contributed by atoms with E-state index in [-0.39, 0.29) is 17.5 Å². The molecule has 1 aromatic heterocycles. The topological polar surface area (TPSA) is 69.0 Å². The van der Waals surface area contributed by atoms with E-state index in [0.717, 1.165) is 0 Å². The number of amides is 1. The van der Waals surface area contributed by atoms with Gasteiger partial charge in [0.15, 0.2) is 12.7 Å². The molecule has 1 atom stereocenters. The summed E-state index contributed by atoms with van der Waals surface area (Å²) >= 11 is 11.8. The minimum absolute atomic E-state index is 0.279. The van der Waals surface area contributed by atoms with Crippen LogP contribution in [0.2, 0.25) is 10.0 Å². The van der Waals surface area contributed by atoms with Crippen LogP contribution in [0.5, 0.6) is 5.75 Å². The Hall–Kier alpha value is -2.18. The molecule has 1 aromatic carbocycles. The zero-order valence-electron chi connectivity index (χ0n) is 13.7. The van der Waals surface area contributed by atoms with Crippen molar-refractivity contribution in [3.05, 3.63) is 52.4 Å². The number of carbonyl (C=O) groups excluding carboxylic acids is 2. The SMILES string of the molecule is CC(Oc1ccc(Cl)cc1Cl)C(=O)OCC(=O)N(C)Cc1ccco1. The zero-order valence-corrected chi connectivity index (χ0v) is 15.2. The van der Waals surface area contributed by atoms with Crippen LogP contribution in [0.4, 0.5) is 0 Å². The van der Waals surface area contributed by atoms with Crippen LogP contribution < -0.4 is 4.74 Å². The molecule has 0 aliphatic rings. The molecule has 0 saturated carbocycles. The standard InChI is InChI=1S/C17H17Cl2NO5/c1-11(25-15-6-5-12(18)8-14(15)19)17(22)24-10-16(21)20(2)9-13-4-3-7-23-13/h3-8,11H,9-10H2,1-2H3. The van der Waals surface area contributed by atoms with Gasteiger partial charge in [0.25, 0.3) is 5.91 Å². The van der Waals surface area contributed by atoms with E-state index >= 15 is 0 Å². The first-order chi connectivity index (χ1) is 11.9. The van der Waals surface area contributed by atoms with Crippen LogP contribution in [0, 0.1) is 0 Å². The van der Waals surface area contributed by atoms with Crippen LogP contribution in [-0.2, 0) is 20.9 Å². The summed E-state index contributed by atoms with van der Waals surface area (Å²) in [5.74, 6) is -0.0970. The lowest BCUT2D eigenvalue weighted by Crippen LogP contribution is -2.33. The summed E-state index contributed by atoms with van der Waals surface area (Å²) in [7, 11) is 1.59. The molecule has 6 nitrogen and oxygen atoms in total. The highest BCUT2D eigenvalue weighted by atomic mass is 35.5. The van der Waals surface area contributed by atoms with Gasteiger partial charge in [0, 0.05) is 12.1 Å². The maximum Gasteiger partial charge on any atom is 0.347 e. The van der Waals surface area contributed by atoms with Gasteiger partial charge >= 0.3 is 5.97 Å². The molecule has 0 fully saturated rings. The molecule has 0 aliphatic heterocycles. The van der Waals surface area contributed by atoms with Gasteiger partial charge < -0.3 is 18.8 Å². The average molecular weight is 386 g/mol. The smallest absolute Gasteiger partial charge is 0.347 e. The van der Waals surface area contributed by atoms with Crippen molar-refractivity contribution >= 4 is 35.1 Å². The van der Waals surface area contributed by atoms with Crippen molar-refractivity contribution in [3.63, 3.8) is 0 Å². The van der Waals surface area contributed by atoms with Crippen molar-refractivity contribution in [1.29, 1.82) is 0 Å². The second-order valence-corrected chi connectivity index (χ2v) is 6.12. The second kappa shape index (κ2) is 8.78. The Morgan fingerprint density at radius 1 is 1.28 bits per heavy atom. The highest BCUT2D eigenvalue weighted by Crippen LogP contribution is 2.28. The van der Waals surface area contributed by atoms with Crippen molar-refractivity contribution in [2.45, 2.75) is 19.6 Å². The number of halogens is 2. The Bertz CT molecular complexity index is 733. The number of hydrogen-bond donors (Lipinski definition) is 0. The van der Waals surface area contributed by atoms with Crippen molar-refractivity contribution in [3.8, 4) is 5.75 Å². The van der Waals surface area contributed by atoms with Crippen molar-refractivity contribution in [1.82, 2.24) is 4.90 Å². The number of hydrogen-bond acceptors (Lipinski definition) is 5. The molecule has 0 bridgehead atoms. The zero-order chi connectivity index (χ0) is 18.4. The molecule has 8 heteroatoms. The van der Waals surface area contributed by atoms with E-state index in [4.69, 9.17) is 37.1 Å². The maximum absolute atomic E-state index is 12.0. The molecule has 0 N–H and O–H groups in total. The Morgan fingerprint density at radius 3 is 2.68 bits per heavy atom. The lowest BCUT2D eigenvalue weighted by Gasteiger charge is -2.18. The molecule has 0 spiro atoms. The summed E-state index contributed by atoms with van der Waals surface area (Å²) in [5, 5.41) is 0.735. The highest BCUT2D eigenvalue weighted by Gasteiger charge is 2.20. The van der Waals surface area contributed by atoms with Gasteiger partial charge in [-0.05, 0) is 37.3 Å². The van der Waals surface area contributed by atoms with E-state index in [0.29, 0.717) is 16.5 Å². The van der Waals surface area contributed by atoms with Gasteiger partial charge in [-0.25, -0.2) is 4.79 Å². The summed E-state index contributed by atoms with van der Waals surface area (Å²) in [5.41, 5.74) is 0. The number of esters is 1. The normalized spacial score (nSPS) is 11.7. The Morgan fingerprint density at radius 2 is 2.04 bits per heavy atom. The summed E-state index contributed by atoms with van der Waals surface area (Å²) in [6.45, 7) is 1.40. The van der Waals surface area contributed by atoms with Crippen molar-refractivity contribution in [2.75, 3.05) is 13.7 Å². The summed E-state index contributed by atoms with van der Waals surface area (Å²) in [4.78, 5) is 25.3. The number of carbonyl (C=O) groups is 2. The summed E-state index contributed by atoms with van der Waals surface area (Å²) in [6.07, 6.45) is 0.594. The molecule has 1 amide bonds. The third kappa shape index (κ3) is 5.69. The van der Waals surface area contributed by atoms with E-state index in [1.807, 2.05) is 0 Å². The van der Waals surface area contributed by atoms with Gasteiger partial charge in [-0.15, -0.1) is 0 Å². The van der Waals surface area contributed by atoms with Crippen molar-refractivity contribution < 1.29 is 23.5 Å². The van der Waals surface area contributed by atoms with E-state index < -0.39 is 18.7 Å². The molecule has 2 rings (SSSR count). The molecular weight excluding hydrogens is 369 g/mol. The van der Waals surface area contributed by atoms with Gasteiger partial charge in [-0.2, -0.15) is 0 Å². The Kier molecular flexibility index (Phi) is 6.73. The number of rotatable bonds is 7. The first-order valence-electron chi connectivity index (χ1n) is 7.41. The van der Waals surface area contributed by atoms with E-state index in [1.165, 1.54) is 24.2 Å². The highest BCUT2D eigenvalue weighted by molar-refractivity contribution is 6.35. The molecule has 0 saturated heterocycles. The number of likely N-dealkylation sites (N-methyl/N-ethyl adjacent to an activating group) is 1. The van der Waals surface area contributed by atoms with E-state index in [1.54, 1.807) is 31.3 Å². The maximum atomic E-state index is 12.0. The average Bonchev–Trinajstić information content (AvgIpc) is 3.07. The van der Waals surface area contributed by atoms with Crippen LogP contribution >= 0.6 is 23.2 Å². The number of furan rings is 1. The second-order valence-electron chi connectivity index (χ2n) is 5.27. The molecule has 1 heterocycles. The fourth-order valence-electron chi connectivity index (χ4n) is 1.89. The van der Waals surface area contributed by atoms with Crippen LogP contribution in [0.25, 0.3) is 0 Å². The van der Waals surface area contributed by atoms with Crippen molar-refractivity contribution in [2.24, 2.45) is 0 Å². The van der Waals surface area contributed by atoms with E-state index in [2.05, 4.69) is 0 Å². The Balaban J connectivity index is 1.81. The van der Waals surface area contributed by atoms with Gasteiger partial charge in [-0.3, -0.25) is 4.79 Å². The predicted molar refractivity (Wildman–Crippen MR) is 92.7 cm³/mol. The van der Waals surface area contributed by atoms with Gasteiger partial charge in [-0.1, -0.05) is 23.2 Å². The third-order valence-corrected chi connectivity index (χ3v) is 3.80. The van der Waals surface area contributed by atoms with Crippen LogP contribution in [0.1, 0.15) is 12.7 Å². The van der Waals surface area contributed by atoms with Crippen LogP contribution in [0.15, 0.2) is 41.0 Å². The first kappa shape index (κ1) is 19.1. The third-order valence-electron chi connectivity index (χ3n) is 3.27. The molecule has 0 radical (unpaired) electrons. The molecular formula is C17H17Cl2NO5. The Labute approximate surface area is 155 Å². The number of nitrogens with zero attached hydrogens (tertiary/aromatic N) is 1. The number of ether oxygens (including phenoxy) is 2. The van der Waals surface area contributed by atoms with Crippen LogP contribution in [-0.4, -0.2) is 36.5 Å². The molecule has 25 heavy (non-hydrogen) atoms. The fourth-order valence-corrected chi connectivity index (χ4v) is 2.35. The molecule has 2 aromatic rings. The summed E-state index contributed by atoms with van der Waals surface area (Å²) in [6, 6.07) is 8.13. The molecule has 1 unspecified atom stereocenters. The monoisotopic (exact) mass is 385 g/mol. The first-order valence-corrected chi connectivity index (χ1v) is 8.17. The number of benzene rings is 1. The predicted octanol–water partition coefficient (Wildman–Crippen LogP) is 3.56. The molecule has 0 aliphatic carbocycles. The molecule has 134 valence electrons. The van der Waals surface area contributed by atoms with E-state index in [9.17, 15) is 9.59 Å².